The van der Waals surface area contributed by atoms with Gasteiger partial charge in [0.05, 0.1) is 6.20 Å². The molecule has 0 atom stereocenters. The van der Waals surface area contributed by atoms with E-state index in [4.69, 9.17) is 0 Å². The summed E-state index contributed by atoms with van der Waals surface area (Å²) in [6.45, 7) is 0.746. The van der Waals surface area contributed by atoms with E-state index in [2.05, 4.69) is 10.2 Å². The Kier molecular flexibility index (Phi) is 3.91. The summed E-state index contributed by atoms with van der Waals surface area (Å²) < 4.78 is 25.9. The lowest BCUT2D eigenvalue weighted by atomic mass is 9.97. The maximum Gasteiger partial charge on any atom is 0.246 e. The Morgan fingerprint density at radius 2 is 2.05 bits per heavy atom. The minimum Gasteiger partial charge on any atom is -0.349 e. The third-order valence-electron chi connectivity index (χ3n) is 3.35. The number of H-pyrrole nitrogens is 1. The third kappa shape index (κ3) is 2.79. The van der Waals surface area contributed by atoms with E-state index < -0.39 is 10.0 Å². The number of piperidine rings is 1. The number of nitrogens with zero attached hydrogens (tertiary/aromatic N) is 3. The fraction of sp³-hybridized carbons (Fsp3) is 0.636. The lowest BCUT2D eigenvalue weighted by Crippen LogP contribution is -2.42. The average molecular weight is 286 g/mol. The number of hydrogen-bond donors (Lipinski definition) is 1. The normalized spacial score (nSPS) is 18.4. The lowest BCUT2D eigenvalue weighted by molar-refractivity contribution is -0.134. The van der Waals surface area contributed by atoms with Gasteiger partial charge in [0, 0.05) is 39.3 Å². The number of nitrogens with one attached hydrogen (secondary N) is 1. The summed E-state index contributed by atoms with van der Waals surface area (Å²) in [5.74, 6) is -0.00819. The molecule has 1 aromatic rings. The summed E-state index contributed by atoms with van der Waals surface area (Å²) in [6.07, 6.45) is 3.79. The Hall–Kier alpha value is -1.41. The molecule has 1 N–H and O–H groups in total. The maximum absolute atomic E-state index is 12.2. The lowest BCUT2D eigenvalue weighted by Gasteiger charge is -2.31. The van der Waals surface area contributed by atoms with Gasteiger partial charge in [0.25, 0.3) is 0 Å². The summed E-state index contributed by atoms with van der Waals surface area (Å²) in [5, 5.41) is 6.16. The zero-order valence-electron chi connectivity index (χ0n) is 11.0. The Morgan fingerprint density at radius 3 is 2.53 bits per heavy atom. The largest absolute Gasteiger partial charge is 0.349 e. The van der Waals surface area contributed by atoms with Crippen molar-refractivity contribution in [3.63, 3.8) is 0 Å². The van der Waals surface area contributed by atoms with Crippen LogP contribution in [0.4, 0.5) is 0 Å². The fourth-order valence-corrected chi connectivity index (χ4v) is 3.61. The first-order chi connectivity index (χ1) is 8.93. The second kappa shape index (κ2) is 5.30. The van der Waals surface area contributed by atoms with E-state index in [0.29, 0.717) is 25.9 Å². The molecule has 1 amide bonds. The molecule has 1 aromatic heterocycles. The topological polar surface area (TPSA) is 86.4 Å². The maximum atomic E-state index is 12.2. The summed E-state index contributed by atoms with van der Waals surface area (Å²) in [6, 6.07) is 0. The molecule has 1 fully saturated rings. The first-order valence-electron chi connectivity index (χ1n) is 6.13. The second-order valence-electron chi connectivity index (χ2n) is 4.85. The highest BCUT2D eigenvalue weighted by Gasteiger charge is 2.32. The minimum absolute atomic E-state index is 0.0698. The number of hydrogen-bond acceptors (Lipinski definition) is 4. The molecule has 0 spiro atoms. The van der Waals surface area contributed by atoms with Crippen molar-refractivity contribution in [2.75, 3.05) is 27.2 Å². The standard InChI is InChI=1S/C11H18N4O3S/c1-14(2)11(16)9-3-5-15(6-4-9)19(17,18)10-7-12-13-8-10/h7-9H,3-6H2,1-2H3,(H,12,13). The molecule has 0 aromatic carbocycles. The van der Waals surface area contributed by atoms with Crippen molar-refractivity contribution in [2.24, 2.45) is 5.92 Å². The summed E-state index contributed by atoms with van der Waals surface area (Å²) in [5.41, 5.74) is 0. The zero-order chi connectivity index (χ0) is 14.0. The zero-order valence-corrected chi connectivity index (χ0v) is 11.9. The van der Waals surface area contributed by atoms with Gasteiger partial charge < -0.3 is 4.90 Å². The third-order valence-corrected chi connectivity index (χ3v) is 5.22. The molecule has 1 aliphatic heterocycles. The number of aromatic amines is 1. The van der Waals surface area contributed by atoms with Gasteiger partial charge in [-0.3, -0.25) is 9.89 Å². The van der Waals surface area contributed by atoms with Crippen LogP contribution in [0.15, 0.2) is 17.3 Å². The number of carbonyl (C=O) groups excluding carboxylic acids is 1. The van der Waals surface area contributed by atoms with Crippen molar-refractivity contribution in [3.8, 4) is 0 Å². The van der Waals surface area contributed by atoms with Crippen LogP contribution in [0, 0.1) is 5.92 Å². The Morgan fingerprint density at radius 1 is 1.42 bits per heavy atom. The molecular formula is C11H18N4O3S. The second-order valence-corrected chi connectivity index (χ2v) is 6.78. The smallest absolute Gasteiger partial charge is 0.246 e. The fourth-order valence-electron chi connectivity index (χ4n) is 2.24. The van der Waals surface area contributed by atoms with Crippen molar-refractivity contribution >= 4 is 15.9 Å². The molecule has 0 unspecified atom stereocenters. The van der Waals surface area contributed by atoms with E-state index in [-0.39, 0.29) is 16.7 Å². The molecule has 1 aliphatic rings. The summed E-state index contributed by atoms with van der Waals surface area (Å²) >= 11 is 0. The molecule has 8 heteroatoms. The first kappa shape index (κ1) is 14.0. The van der Waals surface area contributed by atoms with Gasteiger partial charge >= 0.3 is 0 Å². The van der Waals surface area contributed by atoms with Crippen molar-refractivity contribution in [2.45, 2.75) is 17.7 Å². The molecule has 0 aliphatic carbocycles. The van der Waals surface area contributed by atoms with Crippen LogP contribution in [0.3, 0.4) is 0 Å². The van der Waals surface area contributed by atoms with Gasteiger partial charge in [-0.2, -0.15) is 9.40 Å². The monoisotopic (exact) mass is 286 g/mol. The predicted octanol–water partition coefficient (Wildman–Crippen LogP) is -0.101. The van der Waals surface area contributed by atoms with Gasteiger partial charge in [0.2, 0.25) is 15.9 Å². The number of amides is 1. The Labute approximate surface area is 112 Å². The van der Waals surface area contributed by atoms with E-state index in [1.54, 1.807) is 19.0 Å². The van der Waals surface area contributed by atoms with E-state index in [9.17, 15) is 13.2 Å². The summed E-state index contributed by atoms with van der Waals surface area (Å²) in [4.78, 5) is 13.6. The van der Waals surface area contributed by atoms with Crippen molar-refractivity contribution in [1.82, 2.24) is 19.4 Å². The van der Waals surface area contributed by atoms with Crippen LogP contribution in [-0.2, 0) is 14.8 Å². The number of aromatic nitrogens is 2. The van der Waals surface area contributed by atoms with Gasteiger partial charge in [-0.05, 0) is 12.8 Å². The van der Waals surface area contributed by atoms with Crippen molar-refractivity contribution in [3.05, 3.63) is 12.4 Å². The molecule has 19 heavy (non-hydrogen) atoms. The van der Waals surface area contributed by atoms with E-state index in [1.165, 1.54) is 16.7 Å². The van der Waals surface area contributed by atoms with Crippen LogP contribution in [0.2, 0.25) is 0 Å². The molecular weight excluding hydrogens is 268 g/mol. The van der Waals surface area contributed by atoms with Crippen molar-refractivity contribution < 1.29 is 13.2 Å². The molecule has 0 radical (unpaired) electrons. The van der Waals surface area contributed by atoms with Crippen LogP contribution in [0.1, 0.15) is 12.8 Å². The van der Waals surface area contributed by atoms with E-state index in [0.717, 1.165) is 0 Å². The highest BCUT2D eigenvalue weighted by Crippen LogP contribution is 2.24. The van der Waals surface area contributed by atoms with Crippen LogP contribution < -0.4 is 0 Å². The molecule has 0 saturated carbocycles. The van der Waals surface area contributed by atoms with Gasteiger partial charge in [0.15, 0.2) is 0 Å². The predicted molar refractivity (Wildman–Crippen MR) is 68.8 cm³/mol. The molecule has 106 valence electrons. The van der Waals surface area contributed by atoms with Gasteiger partial charge in [-0.25, -0.2) is 8.42 Å². The quantitative estimate of drug-likeness (QED) is 0.840. The highest BCUT2D eigenvalue weighted by molar-refractivity contribution is 7.89. The number of carbonyl (C=O) groups is 1. The van der Waals surface area contributed by atoms with Crippen LogP contribution in [-0.4, -0.2) is 60.9 Å². The summed E-state index contributed by atoms with van der Waals surface area (Å²) in [7, 11) is -0.0351. The van der Waals surface area contributed by atoms with Gasteiger partial charge in [-0.1, -0.05) is 0 Å². The molecule has 2 rings (SSSR count). The van der Waals surface area contributed by atoms with Gasteiger partial charge in [0.1, 0.15) is 4.90 Å². The van der Waals surface area contributed by atoms with Crippen LogP contribution in [0.25, 0.3) is 0 Å². The van der Waals surface area contributed by atoms with Crippen molar-refractivity contribution in [1.29, 1.82) is 0 Å². The van der Waals surface area contributed by atoms with Crippen LogP contribution >= 0.6 is 0 Å². The van der Waals surface area contributed by atoms with E-state index >= 15 is 0 Å². The Balaban J connectivity index is 2.03. The molecule has 2 heterocycles. The minimum atomic E-state index is -3.47. The molecule has 1 saturated heterocycles. The molecule has 0 bridgehead atoms. The SMILES string of the molecule is CN(C)C(=O)C1CCN(S(=O)(=O)c2cn[nH]c2)CC1. The average Bonchev–Trinajstić information content (AvgIpc) is 2.92. The number of rotatable bonds is 3. The van der Waals surface area contributed by atoms with E-state index in [1.807, 2.05) is 0 Å². The van der Waals surface area contributed by atoms with Gasteiger partial charge in [-0.15, -0.1) is 0 Å². The number of sulfonamides is 1. The highest BCUT2D eigenvalue weighted by atomic mass is 32.2. The first-order valence-corrected chi connectivity index (χ1v) is 7.57. The van der Waals surface area contributed by atoms with Crippen LogP contribution in [0.5, 0.6) is 0 Å². The molecule has 7 nitrogen and oxygen atoms in total. The Bertz CT molecular complexity index is 530.